The van der Waals surface area contributed by atoms with Crippen LogP contribution < -0.4 is 0 Å². The summed E-state index contributed by atoms with van der Waals surface area (Å²) in [7, 11) is 0. The lowest BCUT2D eigenvalue weighted by Gasteiger charge is -2.03. The third-order valence-corrected chi connectivity index (χ3v) is 3.26. The van der Waals surface area contributed by atoms with Gasteiger partial charge in [0.05, 0.1) is 6.20 Å². The second-order valence-electron chi connectivity index (χ2n) is 3.68. The number of benzene rings is 1. The molecule has 0 aliphatic rings. The molecule has 0 N–H and O–H groups in total. The van der Waals surface area contributed by atoms with Crippen molar-refractivity contribution in [1.82, 2.24) is 4.98 Å². The molecule has 1 aromatic carbocycles. The normalized spacial score (nSPS) is 10.3. The number of carbonyl (C=O) groups excluding carboxylic acids is 1. The molecular weight excluding hydrogens is 285 g/mol. The zero-order chi connectivity index (χ0) is 12.4. The van der Waals surface area contributed by atoms with Crippen molar-refractivity contribution in [2.75, 3.05) is 0 Å². The number of aryl methyl sites for hydroxylation is 1. The average molecular weight is 294 g/mol. The molecule has 17 heavy (non-hydrogen) atoms. The molecule has 0 saturated carbocycles. The molecule has 4 heteroatoms. The predicted octanol–water partition coefficient (Wildman–Crippen LogP) is 3.52. The second-order valence-corrected chi connectivity index (χ2v) is 4.54. The standard InChI is InChI=1S/C13H9BrFNO/c1-8-2-3-9(5-12(8)14)13(17)10-4-11(15)7-16-6-10/h2-7H,1H3. The maximum absolute atomic E-state index is 13.0. The van der Waals surface area contributed by atoms with E-state index in [1.807, 2.05) is 13.0 Å². The van der Waals surface area contributed by atoms with Crippen LogP contribution in [0.3, 0.4) is 0 Å². The van der Waals surface area contributed by atoms with Crippen molar-refractivity contribution in [1.29, 1.82) is 0 Å². The SMILES string of the molecule is Cc1ccc(C(=O)c2cncc(F)c2)cc1Br. The predicted molar refractivity (Wildman–Crippen MR) is 66.5 cm³/mol. The molecule has 0 bridgehead atoms. The van der Waals surface area contributed by atoms with E-state index in [4.69, 9.17) is 0 Å². The minimum Gasteiger partial charge on any atom is -0.289 e. The molecule has 2 nitrogen and oxygen atoms in total. The van der Waals surface area contributed by atoms with Crippen molar-refractivity contribution in [2.45, 2.75) is 6.92 Å². The summed E-state index contributed by atoms with van der Waals surface area (Å²) >= 11 is 3.36. The van der Waals surface area contributed by atoms with Crippen molar-refractivity contribution in [3.05, 3.63) is 63.6 Å². The van der Waals surface area contributed by atoms with E-state index in [1.165, 1.54) is 12.3 Å². The number of carbonyl (C=O) groups is 1. The van der Waals surface area contributed by atoms with Gasteiger partial charge in [0, 0.05) is 21.8 Å². The summed E-state index contributed by atoms with van der Waals surface area (Å²) in [6, 6.07) is 6.46. The molecule has 1 heterocycles. The van der Waals surface area contributed by atoms with Gasteiger partial charge in [-0.2, -0.15) is 0 Å². The number of aromatic nitrogens is 1. The summed E-state index contributed by atoms with van der Waals surface area (Å²) in [5.74, 6) is -0.750. The van der Waals surface area contributed by atoms with E-state index in [1.54, 1.807) is 12.1 Å². The number of nitrogens with zero attached hydrogens (tertiary/aromatic N) is 1. The van der Waals surface area contributed by atoms with Crippen molar-refractivity contribution < 1.29 is 9.18 Å². The van der Waals surface area contributed by atoms with Crippen LogP contribution in [0, 0.1) is 12.7 Å². The van der Waals surface area contributed by atoms with Gasteiger partial charge < -0.3 is 0 Å². The van der Waals surface area contributed by atoms with Crippen molar-refractivity contribution >= 4 is 21.7 Å². The number of pyridine rings is 1. The van der Waals surface area contributed by atoms with Crippen LogP contribution in [0.25, 0.3) is 0 Å². The topological polar surface area (TPSA) is 30.0 Å². The first-order chi connectivity index (χ1) is 8.08. The molecular formula is C13H9BrFNO. The van der Waals surface area contributed by atoms with Gasteiger partial charge in [-0.15, -0.1) is 0 Å². The van der Waals surface area contributed by atoms with Gasteiger partial charge in [0.2, 0.25) is 0 Å². The number of hydrogen-bond acceptors (Lipinski definition) is 2. The van der Waals surface area contributed by atoms with Crippen molar-refractivity contribution in [2.24, 2.45) is 0 Å². The molecule has 0 radical (unpaired) electrons. The summed E-state index contributed by atoms with van der Waals surface area (Å²) in [5, 5.41) is 0. The Labute approximate surface area is 107 Å². The Morgan fingerprint density at radius 2 is 2.00 bits per heavy atom. The molecule has 0 spiro atoms. The smallest absolute Gasteiger partial charge is 0.194 e. The van der Waals surface area contributed by atoms with Crippen molar-refractivity contribution in [3.63, 3.8) is 0 Å². The fourth-order valence-electron chi connectivity index (χ4n) is 1.44. The lowest BCUT2D eigenvalue weighted by molar-refractivity contribution is 0.103. The molecule has 0 fully saturated rings. The Hall–Kier alpha value is -1.55. The van der Waals surface area contributed by atoms with E-state index in [-0.39, 0.29) is 11.3 Å². The fourth-order valence-corrected chi connectivity index (χ4v) is 1.82. The maximum Gasteiger partial charge on any atom is 0.194 e. The summed E-state index contributed by atoms with van der Waals surface area (Å²) in [6.07, 6.45) is 2.43. The van der Waals surface area contributed by atoms with E-state index in [2.05, 4.69) is 20.9 Å². The van der Waals surface area contributed by atoms with Crippen LogP contribution in [0.1, 0.15) is 21.5 Å². The van der Waals surface area contributed by atoms with Crippen molar-refractivity contribution in [3.8, 4) is 0 Å². The Bertz CT molecular complexity index is 583. The van der Waals surface area contributed by atoms with E-state index in [0.717, 1.165) is 16.2 Å². The summed E-state index contributed by atoms with van der Waals surface area (Å²) in [4.78, 5) is 15.7. The highest BCUT2D eigenvalue weighted by molar-refractivity contribution is 9.10. The number of hydrogen-bond donors (Lipinski definition) is 0. The van der Waals surface area contributed by atoms with Gasteiger partial charge in [0.25, 0.3) is 0 Å². The van der Waals surface area contributed by atoms with Gasteiger partial charge in [-0.05, 0) is 24.6 Å². The molecule has 0 saturated heterocycles. The van der Waals surface area contributed by atoms with Crippen LogP contribution in [0.15, 0.2) is 41.1 Å². The van der Waals surface area contributed by atoms with Crippen LogP contribution in [0.5, 0.6) is 0 Å². The Kier molecular flexibility index (Phi) is 3.33. The lowest BCUT2D eigenvalue weighted by atomic mass is 10.0. The first kappa shape index (κ1) is 11.9. The van der Waals surface area contributed by atoms with Gasteiger partial charge in [-0.3, -0.25) is 9.78 Å². The third-order valence-electron chi connectivity index (χ3n) is 2.40. The first-order valence-corrected chi connectivity index (χ1v) is 5.78. The molecule has 86 valence electrons. The van der Waals surface area contributed by atoms with Crippen LogP contribution in [0.2, 0.25) is 0 Å². The third kappa shape index (κ3) is 2.58. The number of rotatable bonds is 2. The average Bonchev–Trinajstić information content (AvgIpc) is 2.32. The molecule has 2 aromatic rings. The molecule has 1 aromatic heterocycles. The zero-order valence-corrected chi connectivity index (χ0v) is 10.7. The molecule has 2 rings (SSSR count). The van der Waals surface area contributed by atoms with Crippen LogP contribution in [0.4, 0.5) is 4.39 Å². The van der Waals surface area contributed by atoms with E-state index >= 15 is 0 Å². The van der Waals surface area contributed by atoms with Gasteiger partial charge in [-0.25, -0.2) is 4.39 Å². The first-order valence-electron chi connectivity index (χ1n) is 4.99. The monoisotopic (exact) mass is 293 g/mol. The van der Waals surface area contributed by atoms with Crippen LogP contribution in [-0.4, -0.2) is 10.8 Å². The van der Waals surface area contributed by atoms with Crippen LogP contribution >= 0.6 is 15.9 Å². The Balaban J connectivity index is 2.40. The molecule has 0 aliphatic heterocycles. The second kappa shape index (κ2) is 4.75. The summed E-state index contributed by atoms with van der Waals surface area (Å²) in [6.45, 7) is 1.93. The van der Waals surface area contributed by atoms with Gasteiger partial charge >= 0.3 is 0 Å². The largest absolute Gasteiger partial charge is 0.289 e. The fraction of sp³-hybridized carbons (Fsp3) is 0.0769. The lowest BCUT2D eigenvalue weighted by Crippen LogP contribution is -2.02. The summed E-state index contributed by atoms with van der Waals surface area (Å²) < 4.78 is 13.8. The molecule has 0 atom stereocenters. The van der Waals surface area contributed by atoms with E-state index in [9.17, 15) is 9.18 Å². The van der Waals surface area contributed by atoms with Crippen LogP contribution in [-0.2, 0) is 0 Å². The van der Waals surface area contributed by atoms with Gasteiger partial charge in [-0.1, -0.05) is 28.1 Å². The van der Waals surface area contributed by atoms with Gasteiger partial charge in [0.15, 0.2) is 5.78 Å². The minimum absolute atomic E-state index is 0.238. The zero-order valence-electron chi connectivity index (χ0n) is 9.08. The number of halogens is 2. The van der Waals surface area contributed by atoms with E-state index in [0.29, 0.717) is 5.56 Å². The maximum atomic E-state index is 13.0. The molecule has 0 amide bonds. The Morgan fingerprint density at radius 3 is 2.65 bits per heavy atom. The molecule has 0 aliphatic carbocycles. The van der Waals surface area contributed by atoms with Gasteiger partial charge in [0.1, 0.15) is 5.82 Å². The molecule has 0 unspecified atom stereocenters. The summed E-state index contributed by atoms with van der Waals surface area (Å²) in [5.41, 5.74) is 1.80. The quantitative estimate of drug-likeness (QED) is 0.793. The minimum atomic E-state index is -0.512. The highest BCUT2D eigenvalue weighted by atomic mass is 79.9. The highest BCUT2D eigenvalue weighted by Crippen LogP contribution is 2.19. The Morgan fingerprint density at radius 1 is 1.24 bits per heavy atom. The highest BCUT2D eigenvalue weighted by Gasteiger charge is 2.11. The number of ketones is 1. The van der Waals surface area contributed by atoms with E-state index < -0.39 is 5.82 Å².